The third kappa shape index (κ3) is 12.4. The van der Waals surface area contributed by atoms with E-state index in [9.17, 15) is 5.11 Å². The average molecular weight is 271 g/mol. The van der Waals surface area contributed by atoms with Crippen LogP contribution in [0.3, 0.4) is 0 Å². The molecule has 0 unspecified atom stereocenters. The van der Waals surface area contributed by atoms with Crippen molar-refractivity contribution in [3.05, 3.63) is 12.2 Å². The molecular weight excluding hydrogens is 238 g/mol. The summed E-state index contributed by atoms with van der Waals surface area (Å²) < 4.78 is 0. The van der Waals surface area contributed by atoms with Crippen LogP contribution in [0.5, 0.6) is 0 Å². The lowest BCUT2D eigenvalue weighted by Gasteiger charge is -2.11. The molecule has 0 radical (unpaired) electrons. The number of allylic oxidation sites excluding steroid dienone is 1. The first-order valence-corrected chi connectivity index (χ1v) is 7.93. The molecule has 0 saturated carbocycles. The molecule has 0 aliphatic carbocycles. The van der Waals surface area contributed by atoms with E-state index in [1.807, 2.05) is 6.08 Å². The van der Waals surface area contributed by atoms with Crippen LogP contribution in [0.1, 0.15) is 71.1 Å². The van der Waals surface area contributed by atoms with Gasteiger partial charge in [-0.25, -0.2) is 0 Å². The second-order valence-electron chi connectivity index (χ2n) is 5.38. The van der Waals surface area contributed by atoms with Crippen molar-refractivity contribution in [2.75, 3.05) is 6.61 Å². The number of aliphatic hydroxyl groups excluding tert-OH is 2. The third-order valence-electron chi connectivity index (χ3n) is 3.46. The van der Waals surface area contributed by atoms with Crippen LogP contribution in [0.2, 0.25) is 0 Å². The summed E-state index contributed by atoms with van der Waals surface area (Å²) in [6, 6.07) is -0.556. The standard InChI is InChI=1S/C16H33NO2/c1-2-3-4-5-6-7-8-9-10-11-12-13-16(19)15(17)14-18/h12-13,15-16,18-19H,2-11,14,17H2,1H3/t15-,16+/m1/s1. The summed E-state index contributed by atoms with van der Waals surface area (Å²) in [7, 11) is 0. The summed E-state index contributed by atoms with van der Waals surface area (Å²) in [6.45, 7) is 2.07. The first-order valence-electron chi connectivity index (χ1n) is 7.93. The maximum Gasteiger partial charge on any atom is 0.0894 e. The van der Waals surface area contributed by atoms with Crippen molar-refractivity contribution in [1.82, 2.24) is 0 Å². The van der Waals surface area contributed by atoms with Gasteiger partial charge in [0, 0.05) is 0 Å². The van der Waals surface area contributed by atoms with Gasteiger partial charge in [0.15, 0.2) is 0 Å². The van der Waals surface area contributed by atoms with Gasteiger partial charge in [0.25, 0.3) is 0 Å². The third-order valence-corrected chi connectivity index (χ3v) is 3.46. The molecule has 114 valence electrons. The van der Waals surface area contributed by atoms with Crippen molar-refractivity contribution in [2.24, 2.45) is 5.73 Å². The molecule has 3 heteroatoms. The quantitative estimate of drug-likeness (QED) is 0.356. The lowest BCUT2D eigenvalue weighted by atomic mass is 10.1. The zero-order chi connectivity index (χ0) is 14.3. The topological polar surface area (TPSA) is 66.5 Å². The second kappa shape index (κ2) is 14.0. The minimum atomic E-state index is -0.719. The van der Waals surface area contributed by atoms with Gasteiger partial charge in [-0.3, -0.25) is 0 Å². The zero-order valence-electron chi connectivity index (χ0n) is 12.6. The molecule has 0 spiro atoms. The maximum atomic E-state index is 9.49. The summed E-state index contributed by atoms with van der Waals surface area (Å²) in [5, 5.41) is 18.3. The van der Waals surface area contributed by atoms with Crippen LogP contribution in [-0.4, -0.2) is 29.0 Å². The van der Waals surface area contributed by atoms with Gasteiger partial charge < -0.3 is 15.9 Å². The smallest absolute Gasteiger partial charge is 0.0894 e. The van der Waals surface area contributed by atoms with E-state index in [1.165, 1.54) is 57.8 Å². The molecule has 3 nitrogen and oxygen atoms in total. The van der Waals surface area contributed by atoms with E-state index in [4.69, 9.17) is 10.8 Å². The Hall–Kier alpha value is -0.380. The fraction of sp³-hybridized carbons (Fsp3) is 0.875. The second-order valence-corrected chi connectivity index (χ2v) is 5.38. The van der Waals surface area contributed by atoms with E-state index in [1.54, 1.807) is 6.08 Å². The Morgan fingerprint density at radius 2 is 1.47 bits per heavy atom. The van der Waals surface area contributed by atoms with Gasteiger partial charge in [0.1, 0.15) is 0 Å². The zero-order valence-corrected chi connectivity index (χ0v) is 12.6. The Bertz CT molecular complexity index is 207. The molecule has 0 aliphatic rings. The van der Waals surface area contributed by atoms with Gasteiger partial charge in [-0.2, -0.15) is 0 Å². The van der Waals surface area contributed by atoms with Crippen LogP contribution in [0.25, 0.3) is 0 Å². The fourth-order valence-electron chi connectivity index (χ4n) is 2.06. The summed E-state index contributed by atoms with van der Waals surface area (Å²) in [6.07, 6.45) is 15.9. The number of rotatable bonds is 13. The molecule has 0 aromatic rings. The highest BCUT2D eigenvalue weighted by atomic mass is 16.3. The van der Waals surface area contributed by atoms with Crippen LogP contribution < -0.4 is 5.73 Å². The molecule has 0 rings (SSSR count). The predicted octanol–water partition coefficient (Wildman–Crippen LogP) is 3.14. The molecule has 0 aliphatic heterocycles. The van der Waals surface area contributed by atoms with E-state index in [0.717, 1.165) is 6.42 Å². The highest BCUT2D eigenvalue weighted by molar-refractivity contribution is 4.93. The van der Waals surface area contributed by atoms with Crippen LogP contribution in [0.15, 0.2) is 12.2 Å². The van der Waals surface area contributed by atoms with Gasteiger partial charge in [-0.1, -0.05) is 70.4 Å². The van der Waals surface area contributed by atoms with E-state index < -0.39 is 12.1 Å². The first-order chi connectivity index (χ1) is 9.22. The molecule has 2 atom stereocenters. The van der Waals surface area contributed by atoms with Crippen LogP contribution in [0.4, 0.5) is 0 Å². The largest absolute Gasteiger partial charge is 0.395 e. The van der Waals surface area contributed by atoms with Crippen molar-refractivity contribution in [2.45, 2.75) is 83.3 Å². The summed E-state index contributed by atoms with van der Waals surface area (Å²) in [5.41, 5.74) is 5.50. The molecule has 4 N–H and O–H groups in total. The summed E-state index contributed by atoms with van der Waals surface area (Å²) in [5.74, 6) is 0. The van der Waals surface area contributed by atoms with Gasteiger partial charge in [0.2, 0.25) is 0 Å². The minimum absolute atomic E-state index is 0.177. The lowest BCUT2D eigenvalue weighted by molar-refractivity contribution is 0.144. The maximum absolute atomic E-state index is 9.49. The molecule has 0 fully saturated rings. The van der Waals surface area contributed by atoms with Crippen molar-refractivity contribution >= 4 is 0 Å². The van der Waals surface area contributed by atoms with E-state index in [2.05, 4.69) is 6.92 Å². The molecule has 19 heavy (non-hydrogen) atoms. The van der Waals surface area contributed by atoms with E-state index >= 15 is 0 Å². The Balaban J connectivity index is 3.24. The van der Waals surface area contributed by atoms with Crippen molar-refractivity contribution in [1.29, 1.82) is 0 Å². The Morgan fingerprint density at radius 3 is 2.00 bits per heavy atom. The van der Waals surface area contributed by atoms with Gasteiger partial charge in [-0.15, -0.1) is 0 Å². The molecule has 0 aromatic heterocycles. The highest BCUT2D eigenvalue weighted by Gasteiger charge is 2.08. The van der Waals surface area contributed by atoms with Crippen LogP contribution >= 0.6 is 0 Å². The summed E-state index contributed by atoms with van der Waals surface area (Å²) in [4.78, 5) is 0. The summed E-state index contributed by atoms with van der Waals surface area (Å²) >= 11 is 0. The molecule has 0 amide bonds. The number of nitrogens with two attached hydrogens (primary N) is 1. The van der Waals surface area contributed by atoms with Gasteiger partial charge in [0.05, 0.1) is 18.8 Å². The Kier molecular flexibility index (Phi) is 13.8. The van der Waals surface area contributed by atoms with Gasteiger partial charge in [-0.05, 0) is 12.8 Å². The molecular formula is C16H33NO2. The van der Waals surface area contributed by atoms with Crippen molar-refractivity contribution < 1.29 is 10.2 Å². The molecule has 0 bridgehead atoms. The fourth-order valence-corrected chi connectivity index (χ4v) is 2.06. The molecule has 0 saturated heterocycles. The normalized spacial score (nSPS) is 14.9. The Morgan fingerprint density at radius 1 is 0.947 bits per heavy atom. The molecule has 0 heterocycles. The number of aliphatic hydroxyl groups is 2. The average Bonchev–Trinajstić information content (AvgIpc) is 2.43. The Labute approximate surface area is 118 Å². The lowest BCUT2D eigenvalue weighted by Crippen LogP contribution is -2.36. The van der Waals surface area contributed by atoms with E-state index in [0.29, 0.717) is 0 Å². The minimum Gasteiger partial charge on any atom is -0.395 e. The van der Waals surface area contributed by atoms with Gasteiger partial charge >= 0.3 is 0 Å². The van der Waals surface area contributed by atoms with E-state index in [-0.39, 0.29) is 6.61 Å². The number of hydrogen-bond donors (Lipinski definition) is 3. The first kappa shape index (κ1) is 18.6. The van der Waals surface area contributed by atoms with Crippen LogP contribution in [-0.2, 0) is 0 Å². The SMILES string of the molecule is CCCCCCCCCCCC=C[C@H](O)[C@H](N)CO. The van der Waals surface area contributed by atoms with Crippen molar-refractivity contribution in [3.8, 4) is 0 Å². The van der Waals surface area contributed by atoms with Crippen LogP contribution in [0, 0.1) is 0 Å². The number of unbranched alkanes of at least 4 members (excludes halogenated alkanes) is 9. The predicted molar refractivity (Wildman–Crippen MR) is 82.1 cm³/mol. The molecule has 0 aromatic carbocycles. The number of hydrogen-bond acceptors (Lipinski definition) is 3. The monoisotopic (exact) mass is 271 g/mol. The van der Waals surface area contributed by atoms with Crippen molar-refractivity contribution in [3.63, 3.8) is 0 Å². The highest BCUT2D eigenvalue weighted by Crippen LogP contribution is 2.10.